The van der Waals surface area contributed by atoms with E-state index in [-0.39, 0.29) is 16.9 Å². The molecule has 3 N–H and O–H groups in total. The highest BCUT2D eigenvalue weighted by Crippen LogP contribution is 1.96. The predicted molar refractivity (Wildman–Crippen MR) is 43.4 cm³/mol. The molecule has 0 bridgehead atoms. The highest BCUT2D eigenvalue weighted by atomic mass is 16.5. The number of aromatic amines is 1. The van der Waals surface area contributed by atoms with Crippen LogP contribution in [0, 0.1) is 0 Å². The topological polar surface area (TPSA) is 82.6 Å². The van der Waals surface area contributed by atoms with Gasteiger partial charge < -0.3 is 14.8 Å². The third-order valence-corrected chi connectivity index (χ3v) is 1.40. The molecule has 0 amide bonds. The van der Waals surface area contributed by atoms with Crippen LogP contribution >= 0.6 is 0 Å². The molecule has 0 fully saturated rings. The number of pyridine rings is 1. The van der Waals surface area contributed by atoms with Crippen LogP contribution in [0.15, 0.2) is 16.9 Å². The summed E-state index contributed by atoms with van der Waals surface area (Å²) in [4.78, 5) is 13.0. The van der Waals surface area contributed by atoms with E-state index in [4.69, 9.17) is 14.8 Å². The number of methoxy groups -OCH3 is 1. The van der Waals surface area contributed by atoms with Crippen molar-refractivity contribution in [3.05, 3.63) is 22.5 Å². The van der Waals surface area contributed by atoms with E-state index in [0.717, 1.165) is 0 Å². The minimum Gasteiger partial charge on any atom is -0.482 e. The highest BCUT2D eigenvalue weighted by molar-refractivity contribution is 6.59. The summed E-state index contributed by atoms with van der Waals surface area (Å²) in [5, 5.41) is 17.6. The maximum absolute atomic E-state index is 10.7. The maximum atomic E-state index is 10.7. The summed E-state index contributed by atoms with van der Waals surface area (Å²) < 4.78 is 4.71. The minimum absolute atomic E-state index is 0.0671. The van der Waals surface area contributed by atoms with Gasteiger partial charge in [-0.15, -0.1) is 0 Å². The molecular formula is C6H8BNO4. The molecule has 5 nitrogen and oxygen atoms in total. The smallest absolute Gasteiger partial charge is 0.482 e. The first-order valence-corrected chi connectivity index (χ1v) is 3.28. The van der Waals surface area contributed by atoms with Gasteiger partial charge in [0.25, 0.3) is 5.56 Å². The number of nitrogens with one attached hydrogen (secondary N) is 1. The average molecular weight is 169 g/mol. The zero-order chi connectivity index (χ0) is 9.14. The molecule has 1 rings (SSSR count). The van der Waals surface area contributed by atoms with Gasteiger partial charge in [-0.1, -0.05) is 6.07 Å². The first kappa shape index (κ1) is 8.83. The van der Waals surface area contributed by atoms with Crippen molar-refractivity contribution < 1.29 is 14.8 Å². The number of aromatic nitrogens is 1. The third kappa shape index (κ3) is 1.66. The molecule has 0 saturated heterocycles. The number of hydrogen-bond acceptors (Lipinski definition) is 4. The van der Waals surface area contributed by atoms with Crippen molar-refractivity contribution in [2.75, 3.05) is 7.11 Å². The quantitative estimate of drug-likeness (QED) is 0.450. The molecule has 0 radical (unpaired) electrons. The molecule has 1 aromatic heterocycles. The molecule has 0 aliphatic rings. The molecule has 6 heteroatoms. The first-order valence-electron chi connectivity index (χ1n) is 3.28. The summed E-state index contributed by atoms with van der Waals surface area (Å²) in [7, 11) is -0.311. The van der Waals surface area contributed by atoms with Gasteiger partial charge in [0.15, 0.2) is 5.88 Å². The number of H-pyrrole nitrogens is 1. The van der Waals surface area contributed by atoms with Gasteiger partial charge >= 0.3 is 7.12 Å². The fraction of sp³-hybridized carbons (Fsp3) is 0.167. The lowest BCUT2D eigenvalue weighted by Crippen LogP contribution is -2.33. The SMILES string of the molecule is COc1[nH]c(=O)ccc1B(O)O. The van der Waals surface area contributed by atoms with Crippen LogP contribution in [-0.2, 0) is 0 Å². The maximum Gasteiger partial charge on any atom is 0.493 e. The van der Waals surface area contributed by atoms with Gasteiger partial charge in [-0.2, -0.15) is 0 Å². The van der Waals surface area contributed by atoms with E-state index < -0.39 is 7.12 Å². The van der Waals surface area contributed by atoms with E-state index in [2.05, 4.69) is 4.98 Å². The standard InChI is InChI=1S/C6H8BNO4/c1-12-6-4(7(10)11)2-3-5(9)8-6/h2-3,10-11H,1H3,(H,8,9). The Labute approximate surface area is 68.8 Å². The first-order chi connectivity index (χ1) is 5.65. The van der Waals surface area contributed by atoms with E-state index >= 15 is 0 Å². The summed E-state index contributed by atoms with van der Waals surface area (Å²) >= 11 is 0. The number of hydrogen-bond donors (Lipinski definition) is 3. The molecule has 0 aromatic carbocycles. The Morgan fingerprint density at radius 2 is 2.17 bits per heavy atom. The predicted octanol–water partition coefficient (Wildman–Crippen LogP) is -1.94. The van der Waals surface area contributed by atoms with Crippen molar-refractivity contribution in [1.82, 2.24) is 4.98 Å². The van der Waals surface area contributed by atoms with Crippen LogP contribution in [0.4, 0.5) is 0 Å². The molecule has 12 heavy (non-hydrogen) atoms. The zero-order valence-corrected chi connectivity index (χ0v) is 6.44. The van der Waals surface area contributed by atoms with Crippen LogP contribution in [0.25, 0.3) is 0 Å². The van der Waals surface area contributed by atoms with E-state index in [1.807, 2.05) is 0 Å². The van der Waals surface area contributed by atoms with Gasteiger partial charge in [0.1, 0.15) is 0 Å². The van der Waals surface area contributed by atoms with Crippen LogP contribution in [0.5, 0.6) is 5.88 Å². The Hall–Kier alpha value is -1.27. The average Bonchev–Trinajstić information content (AvgIpc) is 2.03. The second-order valence-electron chi connectivity index (χ2n) is 2.18. The lowest BCUT2D eigenvalue weighted by atomic mass is 9.81. The zero-order valence-electron chi connectivity index (χ0n) is 6.44. The van der Waals surface area contributed by atoms with E-state index in [1.165, 1.54) is 19.2 Å². The molecule has 1 heterocycles. The molecule has 0 aliphatic heterocycles. The fourth-order valence-electron chi connectivity index (χ4n) is 0.839. The Bertz CT molecular complexity index is 322. The van der Waals surface area contributed by atoms with Gasteiger partial charge in [0.05, 0.1) is 7.11 Å². The van der Waals surface area contributed by atoms with Gasteiger partial charge in [-0.25, -0.2) is 0 Å². The van der Waals surface area contributed by atoms with Crippen LogP contribution < -0.4 is 15.8 Å². The molecular weight excluding hydrogens is 161 g/mol. The Kier molecular flexibility index (Phi) is 2.52. The Morgan fingerprint density at radius 1 is 1.50 bits per heavy atom. The van der Waals surface area contributed by atoms with Crippen molar-refractivity contribution in [2.45, 2.75) is 0 Å². The van der Waals surface area contributed by atoms with Crippen LogP contribution in [0.1, 0.15) is 0 Å². The van der Waals surface area contributed by atoms with Gasteiger partial charge in [0.2, 0.25) is 0 Å². The van der Waals surface area contributed by atoms with Crippen molar-refractivity contribution in [1.29, 1.82) is 0 Å². The second kappa shape index (κ2) is 3.42. The number of ether oxygens (including phenoxy) is 1. The molecule has 0 spiro atoms. The van der Waals surface area contributed by atoms with E-state index in [9.17, 15) is 4.79 Å². The lowest BCUT2D eigenvalue weighted by Gasteiger charge is -2.04. The van der Waals surface area contributed by atoms with Crippen LogP contribution in [0.2, 0.25) is 0 Å². The molecule has 0 atom stereocenters. The van der Waals surface area contributed by atoms with Crippen LogP contribution in [0.3, 0.4) is 0 Å². The highest BCUT2D eigenvalue weighted by Gasteiger charge is 2.16. The monoisotopic (exact) mass is 169 g/mol. The van der Waals surface area contributed by atoms with Crippen molar-refractivity contribution in [3.63, 3.8) is 0 Å². The van der Waals surface area contributed by atoms with Crippen molar-refractivity contribution in [3.8, 4) is 5.88 Å². The fourth-order valence-corrected chi connectivity index (χ4v) is 0.839. The largest absolute Gasteiger partial charge is 0.493 e. The van der Waals surface area contributed by atoms with Crippen molar-refractivity contribution >= 4 is 12.6 Å². The Morgan fingerprint density at radius 3 is 2.67 bits per heavy atom. The van der Waals surface area contributed by atoms with Gasteiger partial charge in [-0.3, -0.25) is 9.78 Å². The van der Waals surface area contributed by atoms with E-state index in [0.29, 0.717) is 0 Å². The normalized spacial score (nSPS) is 9.58. The summed E-state index contributed by atoms with van der Waals surface area (Å²) in [6.07, 6.45) is 0. The number of rotatable bonds is 2. The van der Waals surface area contributed by atoms with Crippen LogP contribution in [-0.4, -0.2) is 29.3 Å². The second-order valence-corrected chi connectivity index (χ2v) is 2.18. The summed E-state index contributed by atoms with van der Waals surface area (Å²) in [5.74, 6) is 0.0671. The molecule has 0 saturated carbocycles. The third-order valence-electron chi connectivity index (χ3n) is 1.40. The van der Waals surface area contributed by atoms with E-state index in [1.54, 1.807) is 0 Å². The molecule has 0 aliphatic carbocycles. The summed E-state index contributed by atoms with van der Waals surface area (Å²) in [6.45, 7) is 0. The summed E-state index contributed by atoms with van der Waals surface area (Å²) in [6, 6.07) is 2.49. The Balaban J connectivity index is 3.20. The molecule has 64 valence electrons. The van der Waals surface area contributed by atoms with Gasteiger partial charge in [0, 0.05) is 11.5 Å². The molecule has 0 unspecified atom stereocenters. The minimum atomic E-state index is -1.64. The summed E-state index contributed by atoms with van der Waals surface area (Å²) in [5.41, 5.74) is -0.214. The van der Waals surface area contributed by atoms with Crippen molar-refractivity contribution in [2.24, 2.45) is 0 Å². The molecule has 1 aromatic rings. The van der Waals surface area contributed by atoms with Gasteiger partial charge in [-0.05, 0) is 0 Å². The lowest BCUT2D eigenvalue weighted by molar-refractivity contribution is 0.390.